The fourth-order valence-corrected chi connectivity index (χ4v) is 2.02. The number of hydrogen-bond donors (Lipinski definition) is 1. The van der Waals surface area contributed by atoms with Gasteiger partial charge in [0.15, 0.2) is 5.82 Å². The Balaban J connectivity index is 2.09. The summed E-state index contributed by atoms with van der Waals surface area (Å²) in [5, 5.41) is 0. The van der Waals surface area contributed by atoms with Crippen LogP contribution in [0.15, 0.2) is 36.7 Å². The minimum absolute atomic E-state index is 0.117. The summed E-state index contributed by atoms with van der Waals surface area (Å²) in [4.78, 5) is 23.6. The van der Waals surface area contributed by atoms with E-state index in [9.17, 15) is 4.79 Å². The number of rotatable bonds is 2. The number of H-pyrrole nitrogens is 1. The van der Waals surface area contributed by atoms with Gasteiger partial charge in [0, 0.05) is 18.0 Å². The number of carbonyl (C=O) groups is 1. The van der Waals surface area contributed by atoms with Crippen LogP contribution < -0.4 is 0 Å². The van der Waals surface area contributed by atoms with Crippen molar-refractivity contribution in [3.8, 4) is 0 Å². The normalized spacial score (nSPS) is 10.8. The molecule has 2 heterocycles. The third kappa shape index (κ3) is 2.01. The molecule has 0 amide bonds. The lowest BCUT2D eigenvalue weighted by molar-refractivity contribution is 0.103. The number of aromatic nitrogens is 3. The van der Waals surface area contributed by atoms with E-state index in [1.165, 1.54) is 11.1 Å². The van der Waals surface area contributed by atoms with E-state index >= 15 is 0 Å². The number of ketones is 1. The summed E-state index contributed by atoms with van der Waals surface area (Å²) in [5.74, 6) is 0.250. The van der Waals surface area contributed by atoms with E-state index in [1.807, 2.05) is 26.0 Å². The summed E-state index contributed by atoms with van der Waals surface area (Å²) >= 11 is 0. The van der Waals surface area contributed by atoms with Crippen molar-refractivity contribution in [1.82, 2.24) is 15.0 Å². The molecular weight excluding hydrogens is 238 g/mol. The molecule has 0 spiro atoms. The number of hydrogen-bond acceptors (Lipinski definition) is 3. The van der Waals surface area contributed by atoms with E-state index in [0.717, 1.165) is 11.0 Å². The highest BCUT2D eigenvalue weighted by Gasteiger charge is 2.14. The van der Waals surface area contributed by atoms with Crippen molar-refractivity contribution < 1.29 is 4.79 Å². The van der Waals surface area contributed by atoms with Gasteiger partial charge >= 0.3 is 0 Å². The minimum Gasteiger partial charge on any atom is -0.335 e. The van der Waals surface area contributed by atoms with Gasteiger partial charge in [0.1, 0.15) is 0 Å². The number of aromatic amines is 1. The number of pyridine rings is 1. The van der Waals surface area contributed by atoms with Crippen LogP contribution in [0.1, 0.15) is 27.3 Å². The van der Waals surface area contributed by atoms with Crippen LogP contribution in [0.3, 0.4) is 0 Å². The van der Waals surface area contributed by atoms with Crippen LogP contribution in [0, 0.1) is 13.8 Å². The lowest BCUT2D eigenvalue weighted by Crippen LogP contribution is -2.03. The van der Waals surface area contributed by atoms with Gasteiger partial charge in [-0.05, 0) is 49.2 Å². The van der Waals surface area contributed by atoms with Gasteiger partial charge < -0.3 is 4.98 Å². The molecule has 0 aliphatic rings. The lowest BCUT2D eigenvalue weighted by atomic mass is 10.1. The topological polar surface area (TPSA) is 58.6 Å². The number of nitrogens with zero attached hydrogens (tertiary/aromatic N) is 2. The van der Waals surface area contributed by atoms with Gasteiger partial charge in [-0.2, -0.15) is 0 Å². The molecule has 0 radical (unpaired) electrons. The number of carbonyl (C=O) groups excluding carboxylic acids is 1. The molecule has 19 heavy (non-hydrogen) atoms. The molecule has 1 N–H and O–H groups in total. The monoisotopic (exact) mass is 251 g/mol. The molecule has 0 saturated carbocycles. The van der Waals surface area contributed by atoms with Crippen molar-refractivity contribution in [3.63, 3.8) is 0 Å². The van der Waals surface area contributed by atoms with Crippen LogP contribution in [-0.4, -0.2) is 20.7 Å². The third-order valence-corrected chi connectivity index (χ3v) is 3.25. The van der Waals surface area contributed by atoms with Gasteiger partial charge in [0.2, 0.25) is 5.78 Å². The van der Waals surface area contributed by atoms with Crippen LogP contribution >= 0.6 is 0 Å². The standard InChI is InChI=1S/C15H13N3O/c1-9-7-12-13(8-10(9)2)18-15(17-12)14(19)11-3-5-16-6-4-11/h3-8H,1-2H3,(H,17,18). The summed E-state index contributed by atoms with van der Waals surface area (Å²) in [5.41, 5.74) is 4.64. The zero-order chi connectivity index (χ0) is 13.4. The summed E-state index contributed by atoms with van der Waals surface area (Å²) < 4.78 is 0. The number of imidazole rings is 1. The largest absolute Gasteiger partial charge is 0.335 e. The Bertz CT molecular complexity index is 721. The summed E-state index contributed by atoms with van der Waals surface area (Å²) in [6.45, 7) is 4.08. The zero-order valence-corrected chi connectivity index (χ0v) is 10.8. The fraction of sp³-hybridized carbons (Fsp3) is 0.133. The molecule has 0 aliphatic carbocycles. The van der Waals surface area contributed by atoms with Crippen molar-refractivity contribution in [2.45, 2.75) is 13.8 Å². The van der Waals surface area contributed by atoms with E-state index in [4.69, 9.17) is 0 Å². The van der Waals surface area contributed by atoms with Gasteiger partial charge in [0.25, 0.3) is 0 Å². The van der Waals surface area contributed by atoms with Gasteiger partial charge in [-0.3, -0.25) is 9.78 Å². The molecule has 4 heteroatoms. The van der Waals surface area contributed by atoms with E-state index in [0.29, 0.717) is 11.4 Å². The maximum absolute atomic E-state index is 12.3. The second kappa shape index (κ2) is 4.31. The van der Waals surface area contributed by atoms with E-state index in [1.54, 1.807) is 24.5 Å². The van der Waals surface area contributed by atoms with Crippen LogP contribution in [0.5, 0.6) is 0 Å². The Labute approximate surface area is 110 Å². The number of fused-ring (bicyclic) bond motifs is 1. The van der Waals surface area contributed by atoms with Crippen molar-refractivity contribution in [2.24, 2.45) is 0 Å². The van der Waals surface area contributed by atoms with Crippen LogP contribution in [0.4, 0.5) is 0 Å². The maximum atomic E-state index is 12.3. The molecule has 94 valence electrons. The van der Waals surface area contributed by atoms with Crippen LogP contribution in [-0.2, 0) is 0 Å². The maximum Gasteiger partial charge on any atom is 0.228 e. The zero-order valence-electron chi connectivity index (χ0n) is 10.8. The highest BCUT2D eigenvalue weighted by molar-refractivity contribution is 6.07. The quantitative estimate of drug-likeness (QED) is 0.712. The van der Waals surface area contributed by atoms with Crippen molar-refractivity contribution >= 4 is 16.8 Å². The predicted octanol–water partition coefficient (Wildman–Crippen LogP) is 2.81. The summed E-state index contributed by atoms with van der Waals surface area (Å²) in [6, 6.07) is 7.38. The second-order valence-electron chi connectivity index (χ2n) is 4.60. The van der Waals surface area contributed by atoms with E-state index < -0.39 is 0 Å². The van der Waals surface area contributed by atoms with Crippen molar-refractivity contribution in [2.75, 3.05) is 0 Å². The molecule has 0 atom stereocenters. The first-order valence-electron chi connectivity index (χ1n) is 6.07. The average Bonchev–Trinajstić information content (AvgIpc) is 2.82. The molecule has 0 aliphatic heterocycles. The average molecular weight is 251 g/mol. The third-order valence-electron chi connectivity index (χ3n) is 3.25. The Hall–Kier alpha value is -2.49. The van der Waals surface area contributed by atoms with Crippen molar-refractivity contribution in [3.05, 3.63) is 59.2 Å². The first-order valence-corrected chi connectivity index (χ1v) is 6.07. The summed E-state index contributed by atoms with van der Waals surface area (Å²) in [6.07, 6.45) is 3.20. The molecule has 0 bridgehead atoms. The minimum atomic E-state index is -0.117. The molecule has 1 aromatic carbocycles. The molecular formula is C15H13N3O. The van der Waals surface area contributed by atoms with E-state index in [2.05, 4.69) is 15.0 Å². The van der Waals surface area contributed by atoms with Crippen LogP contribution in [0.2, 0.25) is 0 Å². The highest BCUT2D eigenvalue weighted by Crippen LogP contribution is 2.18. The lowest BCUT2D eigenvalue weighted by Gasteiger charge is -1.97. The fourth-order valence-electron chi connectivity index (χ4n) is 2.02. The Morgan fingerprint density at radius 3 is 2.53 bits per heavy atom. The molecule has 4 nitrogen and oxygen atoms in total. The molecule has 3 aromatic rings. The Morgan fingerprint density at radius 1 is 1.11 bits per heavy atom. The van der Waals surface area contributed by atoms with Crippen LogP contribution in [0.25, 0.3) is 11.0 Å². The number of nitrogens with one attached hydrogen (secondary N) is 1. The molecule has 0 fully saturated rings. The molecule has 0 saturated heterocycles. The van der Waals surface area contributed by atoms with Gasteiger partial charge in [-0.1, -0.05) is 0 Å². The first-order chi connectivity index (χ1) is 9.15. The molecule has 0 unspecified atom stereocenters. The van der Waals surface area contributed by atoms with Gasteiger partial charge in [-0.25, -0.2) is 4.98 Å². The Kier molecular flexibility index (Phi) is 2.63. The Morgan fingerprint density at radius 2 is 1.79 bits per heavy atom. The van der Waals surface area contributed by atoms with Gasteiger partial charge in [0.05, 0.1) is 11.0 Å². The first kappa shape index (κ1) is 11.6. The van der Waals surface area contributed by atoms with Gasteiger partial charge in [-0.15, -0.1) is 0 Å². The second-order valence-corrected chi connectivity index (χ2v) is 4.60. The molecule has 3 rings (SSSR count). The van der Waals surface area contributed by atoms with E-state index in [-0.39, 0.29) is 5.78 Å². The van der Waals surface area contributed by atoms with Crippen molar-refractivity contribution in [1.29, 1.82) is 0 Å². The predicted molar refractivity (Wildman–Crippen MR) is 73.2 cm³/mol. The smallest absolute Gasteiger partial charge is 0.228 e. The highest BCUT2D eigenvalue weighted by atomic mass is 16.1. The number of aryl methyl sites for hydroxylation is 2. The number of benzene rings is 1. The SMILES string of the molecule is Cc1cc2nc(C(=O)c3ccncc3)[nH]c2cc1C. The summed E-state index contributed by atoms with van der Waals surface area (Å²) in [7, 11) is 0. The molecule has 2 aromatic heterocycles.